The fourth-order valence-electron chi connectivity index (χ4n) is 7.54. The van der Waals surface area contributed by atoms with E-state index in [2.05, 4.69) is 191 Å². The molecule has 2 nitrogen and oxygen atoms in total. The molecule has 10 rings (SSSR count). The van der Waals surface area contributed by atoms with E-state index in [-0.39, 0.29) is 14.5 Å². The van der Waals surface area contributed by atoms with Crippen molar-refractivity contribution in [2.24, 2.45) is 0 Å². The molecule has 0 radical (unpaired) electrons. The number of hydrogen-bond acceptors (Lipinski definition) is 1. The number of aromatic nitrogens is 1. The standard InChI is InChI=1S/C46H30N2Se/c1-3-13-31(14-4-1)33-16-11-19-35(29-33)47(36-26-28-44-41(30-36)40-27-25-32-15-7-8-20-37(32)46(40)49-44)43-24-12-22-39-38-21-9-10-23-42(38)48(45(39)43)34-17-5-2-6-18-34/h1-30H. The van der Waals surface area contributed by atoms with Crippen molar-refractivity contribution in [2.75, 3.05) is 4.90 Å². The van der Waals surface area contributed by atoms with Crippen molar-refractivity contribution in [3.05, 3.63) is 182 Å². The summed E-state index contributed by atoms with van der Waals surface area (Å²) in [6.07, 6.45) is 0. The summed E-state index contributed by atoms with van der Waals surface area (Å²) in [5.41, 5.74) is 9.36. The first-order valence-corrected chi connectivity index (χ1v) is 18.4. The predicted molar refractivity (Wildman–Crippen MR) is 210 cm³/mol. The van der Waals surface area contributed by atoms with E-state index in [1.54, 1.807) is 0 Å². The van der Waals surface area contributed by atoms with Gasteiger partial charge in [0.25, 0.3) is 0 Å². The van der Waals surface area contributed by atoms with Gasteiger partial charge in [0.1, 0.15) is 0 Å². The SMILES string of the molecule is c1ccc(-c2cccc(N(c3ccc4[se]c5c6ccccc6ccc5c4c3)c3cccc4c5ccccc5n(-c5ccccc5)c34)c2)cc1. The molecule has 2 aromatic heterocycles. The fraction of sp³-hybridized carbons (Fsp3) is 0. The summed E-state index contributed by atoms with van der Waals surface area (Å²) in [6, 6.07) is 66.6. The van der Waals surface area contributed by atoms with Crippen molar-refractivity contribution >= 4 is 83.4 Å². The van der Waals surface area contributed by atoms with Crippen LogP contribution < -0.4 is 4.90 Å². The van der Waals surface area contributed by atoms with Gasteiger partial charge in [-0.2, -0.15) is 0 Å². The van der Waals surface area contributed by atoms with Gasteiger partial charge in [-0.25, -0.2) is 0 Å². The molecule has 8 aromatic carbocycles. The summed E-state index contributed by atoms with van der Waals surface area (Å²) in [6.45, 7) is 0. The maximum atomic E-state index is 2.47. The van der Waals surface area contributed by atoms with E-state index >= 15 is 0 Å². The van der Waals surface area contributed by atoms with Crippen molar-refractivity contribution < 1.29 is 0 Å². The molecule has 230 valence electrons. The van der Waals surface area contributed by atoms with E-state index in [4.69, 9.17) is 0 Å². The number of fused-ring (bicyclic) bond motifs is 8. The third kappa shape index (κ3) is 4.55. The number of benzene rings is 8. The molecule has 0 atom stereocenters. The molecule has 0 aliphatic carbocycles. The van der Waals surface area contributed by atoms with E-state index in [9.17, 15) is 0 Å². The molecule has 0 unspecified atom stereocenters. The topological polar surface area (TPSA) is 8.17 Å². The van der Waals surface area contributed by atoms with E-state index < -0.39 is 0 Å². The Kier molecular flexibility index (Phi) is 6.55. The Morgan fingerprint density at radius 3 is 2.00 bits per heavy atom. The van der Waals surface area contributed by atoms with Crippen LogP contribution in [0.1, 0.15) is 0 Å². The van der Waals surface area contributed by atoms with Crippen molar-refractivity contribution in [1.82, 2.24) is 4.57 Å². The third-order valence-corrected chi connectivity index (χ3v) is 12.3. The minimum atomic E-state index is 0.252. The number of nitrogens with zero attached hydrogens (tertiary/aromatic N) is 2. The van der Waals surface area contributed by atoms with Crippen LogP contribution in [0, 0.1) is 0 Å². The molecule has 0 aliphatic heterocycles. The number of hydrogen-bond donors (Lipinski definition) is 0. The van der Waals surface area contributed by atoms with Gasteiger partial charge in [-0.3, -0.25) is 0 Å². The maximum absolute atomic E-state index is 2.47. The van der Waals surface area contributed by atoms with Crippen LogP contribution in [0.2, 0.25) is 0 Å². The Labute approximate surface area is 290 Å². The summed E-state index contributed by atoms with van der Waals surface area (Å²) in [5.74, 6) is 0. The molecular weight excluding hydrogens is 659 g/mol. The molecular formula is C46H30N2Se. The van der Waals surface area contributed by atoms with Crippen molar-refractivity contribution in [1.29, 1.82) is 0 Å². The zero-order chi connectivity index (χ0) is 32.3. The molecule has 0 saturated heterocycles. The summed E-state index contributed by atoms with van der Waals surface area (Å²) >= 11 is 0.252. The average molecular weight is 690 g/mol. The fourth-order valence-corrected chi connectivity index (χ4v) is 10.1. The zero-order valence-electron chi connectivity index (χ0n) is 26.6. The second-order valence-electron chi connectivity index (χ2n) is 12.6. The summed E-state index contributed by atoms with van der Waals surface area (Å²) in [7, 11) is 0. The molecule has 0 saturated carbocycles. The Hall–Kier alpha value is -5.86. The first kappa shape index (κ1) is 28.2. The van der Waals surface area contributed by atoms with Gasteiger partial charge in [-0.1, -0.05) is 0 Å². The van der Waals surface area contributed by atoms with Gasteiger partial charge in [-0.15, -0.1) is 0 Å². The first-order chi connectivity index (χ1) is 24.3. The number of rotatable bonds is 5. The van der Waals surface area contributed by atoms with Gasteiger partial charge in [-0.05, 0) is 0 Å². The Morgan fingerprint density at radius 1 is 0.429 bits per heavy atom. The molecule has 0 aliphatic rings. The van der Waals surface area contributed by atoms with E-state index in [0.29, 0.717) is 0 Å². The molecule has 0 fully saturated rings. The van der Waals surface area contributed by atoms with E-state index in [1.165, 1.54) is 63.0 Å². The third-order valence-electron chi connectivity index (χ3n) is 9.74. The van der Waals surface area contributed by atoms with Gasteiger partial charge in [0.05, 0.1) is 0 Å². The second-order valence-corrected chi connectivity index (χ2v) is 14.8. The van der Waals surface area contributed by atoms with Crippen LogP contribution in [0.4, 0.5) is 17.1 Å². The molecule has 2 heterocycles. The van der Waals surface area contributed by atoms with Crippen LogP contribution in [0.15, 0.2) is 182 Å². The number of para-hydroxylation sites is 3. The van der Waals surface area contributed by atoms with Gasteiger partial charge in [0.2, 0.25) is 0 Å². The van der Waals surface area contributed by atoms with Crippen LogP contribution in [-0.2, 0) is 0 Å². The predicted octanol–water partition coefficient (Wildman–Crippen LogP) is 12.4. The van der Waals surface area contributed by atoms with Crippen LogP contribution >= 0.6 is 0 Å². The summed E-state index contributed by atoms with van der Waals surface area (Å²) in [4.78, 5) is 2.47. The van der Waals surface area contributed by atoms with Crippen molar-refractivity contribution in [3.8, 4) is 16.8 Å². The Morgan fingerprint density at radius 2 is 1.12 bits per heavy atom. The summed E-state index contributed by atoms with van der Waals surface area (Å²) in [5, 5.41) is 7.89. The van der Waals surface area contributed by atoms with Crippen LogP contribution in [0.5, 0.6) is 0 Å². The van der Waals surface area contributed by atoms with Crippen LogP contribution in [0.3, 0.4) is 0 Å². The van der Waals surface area contributed by atoms with Crippen molar-refractivity contribution in [3.63, 3.8) is 0 Å². The van der Waals surface area contributed by atoms with Gasteiger partial charge in [0, 0.05) is 0 Å². The molecule has 0 bridgehead atoms. The quantitative estimate of drug-likeness (QED) is 0.163. The minimum absolute atomic E-state index is 0.252. The van der Waals surface area contributed by atoms with Crippen LogP contribution in [-0.4, -0.2) is 19.1 Å². The van der Waals surface area contributed by atoms with E-state index in [0.717, 1.165) is 22.7 Å². The van der Waals surface area contributed by atoms with Gasteiger partial charge >= 0.3 is 292 Å². The Balaban J connectivity index is 1.29. The summed E-state index contributed by atoms with van der Waals surface area (Å²) < 4.78 is 5.37. The molecule has 10 aromatic rings. The van der Waals surface area contributed by atoms with Gasteiger partial charge < -0.3 is 0 Å². The second kappa shape index (κ2) is 11.4. The first-order valence-electron chi connectivity index (χ1n) is 16.7. The average Bonchev–Trinajstić information content (AvgIpc) is 3.72. The Bertz CT molecular complexity index is 2830. The number of anilines is 3. The molecule has 49 heavy (non-hydrogen) atoms. The molecule has 0 amide bonds. The molecule has 0 spiro atoms. The molecule has 3 heteroatoms. The zero-order valence-corrected chi connectivity index (χ0v) is 28.3. The van der Waals surface area contributed by atoms with Gasteiger partial charge in [0.15, 0.2) is 0 Å². The molecule has 0 N–H and O–H groups in total. The monoisotopic (exact) mass is 690 g/mol. The normalized spacial score (nSPS) is 11.7. The van der Waals surface area contributed by atoms with Crippen LogP contribution in [0.25, 0.3) is 68.7 Å². The van der Waals surface area contributed by atoms with Crippen molar-refractivity contribution in [2.45, 2.75) is 0 Å². The van der Waals surface area contributed by atoms with E-state index in [1.807, 2.05) is 0 Å².